The van der Waals surface area contributed by atoms with Gasteiger partial charge in [-0.1, -0.05) is 13.8 Å². The van der Waals surface area contributed by atoms with Crippen molar-refractivity contribution in [2.45, 2.75) is 44.0 Å². The molecule has 1 N–H and O–H groups in total. The molecule has 1 aromatic heterocycles. The highest BCUT2D eigenvalue weighted by molar-refractivity contribution is 7.90. The van der Waals surface area contributed by atoms with Crippen LogP contribution in [0.3, 0.4) is 0 Å². The Morgan fingerprint density at radius 3 is 2.60 bits per heavy atom. The number of oxazole rings is 1. The average molecular weight is 434 g/mol. The van der Waals surface area contributed by atoms with Gasteiger partial charge in [0.25, 0.3) is 0 Å². The van der Waals surface area contributed by atoms with Gasteiger partial charge in [0.2, 0.25) is 11.8 Å². The van der Waals surface area contributed by atoms with Gasteiger partial charge in [-0.3, -0.25) is 9.59 Å². The zero-order chi connectivity index (χ0) is 21.9. The number of benzene rings is 1. The predicted octanol–water partition coefficient (Wildman–Crippen LogP) is 2.05. The second-order valence-corrected chi connectivity index (χ2v) is 9.92. The number of nitrogens with one attached hydrogen (secondary N) is 1. The Bertz CT molecular complexity index is 1010. The molecule has 0 radical (unpaired) electrons. The molecule has 1 saturated heterocycles. The summed E-state index contributed by atoms with van der Waals surface area (Å²) in [5, 5.41) is 2.97. The van der Waals surface area contributed by atoms with Gasteiger partial charge in [0.15, 0.2) is 21.5 Å². The van der Waals surface area contributed by atoms with Crippen molar-refractivity contribution in [1.82, 2.24) is 15.2 Å². The highest BCUT2D eigenvalue weighted by Crippen LogP contribution is 2.23. The normalized spacial score (nSPS) is 16.8. The molecule has 0 spiro atoms. The SMILES string of the molecule is CC(C)C(=O)N1CC[C@H](NC(=O)CCc2ncc(-c3ccc(S(C)(=O)=O)cc3)o2)C1. The number of nitrogens with zero attached hydrogens (tertiary/aromatic N) is 2. The number of amides is 2. The molecule has 1 aromatic carbocycles. The molecular weight excluding hydrogens is 406 g/mol. The van der Waals surface area contributed by atoms with E-state index in [0.29, 0.717) is 36.7 Å². The third-order valence-corrected chi connectivity index (χ3v) is 6.17. The van der Waals surface area contributed by atoms with E-state index in [2.05, 4.69) is 10.3 Å². The Kier molecular flexibility index (Phi) is 6.60. The second kappa shape index (κ2) is 8.99. The van der Waals surface area contributed by atoms with Crippen LogP contribution in [-0.4, -0.2) is 55.5 Å². The summed E-state index contributed by atoms with van der Waals surface area (Å²) < 4.78 is 28.8. The fraction of sp³-hybridized carbons (Fsp3) is 0.476. The molecule has 1 aliphatic heterocycles. The van der Waals surface area contributed by atoms with Gasteiger partial charge in [0.1, 0.15) is 0 Å². The Morgan fingerprint density at radius 2 is 1.97 bits per heavy atom. The first-order valence-electron chi connectivity index (χ1n) is 9.97. The van der Waals surface area contributed by atoms with E-state index in [9.17, 15) is 18.0 Å². The molecule has 30 heavy (non-hydrogen) atoms. The molecule has 0 bridgehead atoms. The molecule has 1 aliphatic rings. The van der Waals surface area contributed by atoms with Crippen molar-refractivity contribution < 1.29 is 22.4 Å². The van der Waals surface area contributed by atoms with Crippen molar-refractivity contribution in [1.29, 1.82) is 0 Å². The van der Waals surface area contributed by atoms with Gasteiger partial charge in [-0.25, -0.2) is 13.4 Å². The highest BCUT2D eigenvalue weighted by atomic mass is 32.2. The van der Waals surface area contributed by atoms with Crippen molar-refractivity contribution in [3.8, 4) is 11.3 Å². The maximum atomic E-state index is 12.3. The molecule has 0 saturated carbocycles. The van der Waals surface area contributed by atoms with Gasteiger partial charge in [0, 0.05) is 49.7 Å². The maximum Gasteiger partial charge on any atom is 0.225 e. The number of rotatable bonds is 7. The topological polar surface area (TPSA) is 110 Å². The minimum Gasteiger partial charge on any atom is -0.441 e. The van der Waals surface area contributed by atoms with E-state index in [-0.39, 0.29) is 35.1 Å². The molecule has 2 aromatic rings. The summed E-state index contributed by atoms with van der Waals surface area (Å²) in [4.78, 5) is 30.5. The van der Waals surface area contributed by atoms with E-state index in [0.717, 1.165) is 12.7 Å². The molecule has 9 heteroatoms. The third kappa shape index (κ3) is 5.47. The van der Waals surface area contributed by atoms with E-state index < -0.39 is 9.84 Å². The van der Waals surface area contributed by atoms with Gasteiger partial charge in [0.05, 0.1) is 11.1 Å². The summed E-state index contributed by atoms with van der Waals surface area (Å²) in [5.74, 6) is 0.931. The summed E-state index contributed by atoms with van der Waals surface area (Å²) >= 11 is 0. The molecule has 2 heterocycles. The first kappa shape index (κ1) is 22.0. The van der Waals surface area contributed by atoms with Gasteiger partial charge in [-0.15, -0.1) is 0 Å². The smallest absolute Gasteiger partial charge is 0.225 e. The second-order valence-electron chi connectivity index (χ2n) is 7.91. The Morgan fingerprint density at radius 1 is 1.27 bits per heavy atom. The largest absolute Gasteiger partial charge is 0.441 e. The number of carbonyl (C=O) groups is 2. The number of aromatic nitrogens is 1. The first-order valence-corrected chi connectivity index (χ1v) is 11.9. The summed E-state index contributed by atoms with van der Waals surface area (Å²) in [7, 11) is -3.25. The van der Waals surface area contributed by atoms with Crippen molar-refractivity contribution in [2.24, 2.45) is 5.92 Å². The zero-order valence-corrected chi connectivity index (χ0v) is 18.2. The third-order valence-electron chi connectivity index (χ3n) is 5.05. The summed E-state index contributed by atoms with van der Waals surface area (Å²) in [6.45, 7) is 4.97. The van der Waals surface area contributed by atoms with Crippen LogP contribution in [0.1, 0.15) is 32.6 Å². The number of aryl methyl sites for hydroxylation is 1. The molecule has 0 unspecified atom stereocenters. The Balaban J connectivity index is 1.50. The van der Waals surface area contributed by atoms with Crippen LogP contribution in [0, 0.1) is 5.92 Å². The van der Waals surface area contributed by atoms with Crippen molar-refractivity contribution in [2.75, 3.05) is 19.3 Å². The van der Waals surface area contributed by atoms with Gasteiger partial charge in [-0.2, -0.15) is 0 Å². The van der Waals surface area contributed by atoms with E-state index in [1.807, 2.05) is 13.8 Å². The lowest BCUT2D eigenvalue weighted by atomic mass is 10.2. The Labute approximate surface area is 176 Å². The minimum absolute atomic E-state index is 0.0197. The maximum absolute atomic E-state index is 12.3. The van der Waals surface area contributed by atoms with Crippen molar-refractivity contribution >= 4 is 21.7 Å². The lowest BCUT2D eigenvalue weighted by Gasteiger charge is -2.19. The van der Waals surface area contributed by atoms with Gasteiger partial charge < -0.3 is 14.6 Å². The number of hydrogen-bond donors (Lipinski definition) is 1. The van der Waals surface area contributed by atoms with Crippen LogP contribution < -0.4 is 5.32 Å². The average Bonchev–Trinajstić information content (AvgIpc) is 3.35. The molecule has 162 valence electrons. The van der Waals surface area contributed by atoms with Crippen molar-refractivity contribution in [3.63, 3.8) is 0 Å². The predicted molar refractivity (Wildman–Crippen MR) is 111 cm³/mol. The van der Waals surface area contributed by atoms with Gasteiger partial charge in [-0.05, 0) is 30.7 Å². The van der Waals surface area contributed by atoms with Crippen LogP contribution in [0.15, 0.2) is 39.8 Å². The van der Waals surface area contributed by atoms with E-state index in [1.165, 1.54) is 12.1 Å². The van der Waals surface area contributed by atoms with Crippen LogP contribution in [0.4, 0.5) is 0 Å². The molecule has 0 aliphatic carbocycles. The van der Waals surface area contributed by atoms with E-state index in [1.54, 1.807) is 23.2 Å². The minimum atomic E-state index is -3.25. The van der Waals surface area contributed by atoms with Crippen molar-refractivity contribution in [3.05, 3.63) is 36.4 Å². The van der Waals surface area contributed by atoms with E-state index >= 15 is 0 Å². The molecule has 3 rings (SSSR count). The lowest BCUT2D eigenvalue weighted by molar-refractivity contribution is -0.133. The first-order chi connectivity index (χ1) is 14.1. The molecule has 1 atom stereocenters. The number of likely N-dealkylation sites (tertiary alicyclic amines) is 1. The summed E-state index contributed by atoms with van der Waals surface area (Å²) in [6, 6.07) is 6.36. The quantitative estimate of drug-likeness (QED) is 0.716. The van der Waals surface area contributed by atoms with Crippen LogP contribution in [0.5, 0.6) is 0 Å². The summed E-state index contributed by atoms with van der Waals surface area (Å²) in [6.07, 6.45) is 4.08. The fourth-order valence-electron chi connectivity index (χ4n) is 3.39. The monoisotopic (exact) mass is 433 g/mol. The van der Waals surface area contributed by atoms with Crippen LogP contribution in [-0.2, 0) is 25.8 Å². The molecule has 2 amide bonds. The highest BCUT2D eigenvalue weighted by Gasteiger charge is 2.28. The zero-order valence-electron chi connectivity index (χ0n) is 17.4. The van der Waals surface area contributed by atoms with Crippen LogP contribution in [0.2, 0.25) is 0 Å². The van der Waals surface area contributed by atoms with Crippen LogP contribution >= 0.6 is 0 Å². The number of hydrogen-bond acceptors (Lipinski definition) is 6. The lowest BCUT2D eigenvalue weighted by Crippen LogP contribution is -2.39. The fourth-order valence-corrected chi connectivity index (χ4v) is 4.02. The molecule has 1 fully saturated rings. The Hall–Kier alpha value is -2.68. The molecular formula is C21H27N3O5S. The van der Waals surface area contributed by atoms with Gasteiger partial charge >= 0.3 is 0 Å². The van der Waals surface area contributed by atoms with E-state index in [4.69, 9.17) is 4.42 Å². The number of sulfone groups is 1. The van der Waals surface area contributed by atoms with Crippen LogP contribution in [0.25, 0.3) is 11.3 Å². The molecule has 8 nitrogen and oxygen atoms in total. The number of carbonyl (C=O) groups excluding carboxylic acids is 2. The standard InChI is InChI=1S/C21H27N3O5S/c1-14(2)21(26)24-11-10-16(13-24)23-19(25)8-9-20-22-12-18(29-20)15-4-6-17(7-5-15)30(3,27)28/h4-7,12,14,16H,8-11,13H2,1-3H3,(H,23,25)/t16-/m0/s1. The summed E-state index contributed by atoms with van der Waals surface area (Å²) in [5.41, 5.74) is 0.714.